The lowest BCUT2D eigenvalue weighted by atomic mass is 10.0. The summed E-state index contributed by atoms with van der Waals surface area (Å²) in [7, 11) is 1.89. The molecule has 0 radical (unpaired) electrons. The molecular weight excluding hydrogens is 465 g/mol. The van der Waals surface area contributed by atoms with Gasteiger partial charge >= 0.3 is 0 Å². The van der Waals surface area contributed by atoms with Crippen LogP contribution < -0.4 is 9.64 Å². The minimum absolute atomic E-state index is 0.0767. The summed E-state index contributed by atoms with van der Waals surface area (Å²) in [6.45, 7) is 9.00. The lowest BCUT2D eigenvalue weighted by Crippen LogP contribution is -2.49. The summed E-state index contributed by atoms with van der Waals surface area (Å²) in [4.78, 5) is 16.8. The highest BCUT2D eigenvalue weighted by molar-refractivity contribution is 7.99. The molecule has 2 heterocycles. The van der Waals surface area contributed by atoms with Gasteiger partial charge in [0.25, 0.3) is 0 Å². The number of rotatable bonds is 8. The molecule has 0 saturated carbocycles. The first-order chi connectivity index (χ1) is 16.8. The normalized spacial score (nSPS) is 14.9. The third kappa shape index (κ3) is 6.14. The van der Waals surface area contributed by atoms with Gasteiger partial charge in [-0.1, -0.05) is 37.7 Å². The van der Waals surface area contributed by atoms with Crippen LogP contribution in [0, 0.1) is 5.82 Å². The van der Waals surface area contributed by atoms with Crippen LogP contribution in [0.2, 0.25) is 0 Å². The Morgan fingerprint density at radius 1 is 1.00 bits per heavy atom. The Balaban J connectivity index is 1.27. The third-order valence-electron chi connectivity index (χ3n) is 6.24. The van der Waals surface area contributed by atoms with Gasteiger partial charge in [-0.25, -0.2) is 4.39 Å². The molecule has 1 aliphatic rings. The number of amides is 1. The van der Waals surface area contributed by atoms with Crippen LogP contribution in [-0.2, 0) is 11.8 Å². The van der Waals surface area contributed by atoms with Crippen molar-refractivity contribution < 1.29 is 13.9 Å². The Bertz CT molecular complexity index is 1130. The van der Waals surface area contributed by atoms with E-state index in [4.69, 9.17) is 4.74 Å². The zero-order valence-electron chi connectivity index (χ0n) is 20.6. The minimum atomic E-state index is -0.276. The lowest BCUT2D eigenvalue weighted by Gasteiger charge is -2.36. The molecule has 1 amide bonds. The van der Waals surface area contributed by atoms with Gasteiger partial charge in [-0.15, -0.1) is 10.2 Å². The Hall–Kier alpha value is -3.07. The number of benzene rings is 2. The molecule has 1 saturated heterocycles. The Morgan fingerprint density at radius 2 is 1.66 bits per heavy atom. The molecule has 4 rings (SSSR count). The topological polar surface area (TPSA) is 63.5 Å². The minimum Gasteiger partial charge on any atom is -0.483 e. The van der Waals surface area contributed by atoms with Gasteiger partial charge in [-0.2, -0.15) is 0 Å². The number of thioether (sulfide) groups is 1. The average molecular weight is 498 g/mol. The van der Waals surface area contributed by atoms with Crippen LogP contribution in [0.15, 0.2) is 53.7 Å². The van der Waals surface area contributed by atoms with Crippen LogP contribution in [0.25, 0.3) is 0 Å². The second kappa shape index (κ2) is 11.1. The van der Waals surface area contributed by atoms with Crippen molar-refractivity contribution in [3.8, 4) is 5.75 Å². The Labute approximate surface area is 210 Å². The molecular formula is C26H32FN5O2S. The number of anilines is 1. The van der Waals surface area contributed by atoms with Crippen molar-refractivity contribution in [3.05, 3.63) is 65.7 Å². The van der Waals surface area contributed by atoms with Crippen molar-refractivity contribution in [1.29, 1.82) is 0 Å². The molecule has 1 atom stereocenters. The third-order valence-corrected chi connectivity index (χ3v) is 7.25. The fraction of sp³-hybridized carbons (Fsp3) is 0.423. The molecule has 186 valence electrons. The van der Waals surface area contributed by atoms with Crippen molar-refractivity contribution >= 4 is 23.4 Å². The SMILES string of the molecule is CC(C)c1ccc(OC(C)c2nnc(SCC(=O)N3CCN(c4ccc(F)cc4)CC3)n2C)cc1. The second-order valence-electron chi connectivity index (χ2n) is 9.02. The fourth-order valence-electron chi connectivity index (χ4n) is 4.08. The van der Waals surface area contributed by atoms with Gasteiger partial charge in [0.15, 0.2) is 17.1 Å². The van der Waals surface area contributed by atoms with Crippen molar-refractivity contribution in [2.45, 2.75) is 37.9 Å². The zero-order chi connectivity index (χ0) is 24.9. The van der Waals surface area contributed by atoms with Crippen molar-refractivity contribution in [3.63, 3.8) is 0 Å². The van der Waals surface area contributed by atoms with Crippen LogP contribution in [0.3, 0.4) is 0 Å². The summed E-state index contributed by atoms with van der Waals surface area (Å²) in [5.74, 6) is 2.10. The number of hydrogen-bond donors (Lipinski definition) is 0. The molecule has 1 fully saturated rings. The molecule has 0 N–H and O–H groups in total. The first-order valence-corrected chi connectivity index (χ1v) is 12.9. The predicted octanol–water partition coefficient (Wildman–Crippen LogP) is 4.66. The van der Waals surface area contributed by atoms with E-state index in [0.717, 1.165) is 24.5 Å². The number of carbonyl (C=O) groups excluding carboxylic acids is 1. The van der Waals surface area contributed by atoms with E-state index in [1.807, 2.05) is 35.6 Å². The highest BCUT2D eigenvalue weighted by Crippen LogP contribution is 2.26. The monoisotopic (exact) mass is 497 g/mol. The molecule has 7 nitrogen and oxygen atoms in total. The summed E-state index contributed by atoms with van der Waals surface area (Å²) in [5, 5.41) is 9.27. The van der Waals surface area contributed by atoms with E-state index in [0.29, 0.717) is 35.7 Å². The standard InChI is InChI=1S/C26H32FN5O2S/c1-18(2)20-5-11-23(12-6-20)34-19(3)25-28-29-26(30(25)4)35-17-24(33)32-15-13-31(14-16-32)22-9-7-21(27)8-10-22/h5-12,18-19H,13-17H2,1-4H3. The molecule has 1 aliphatic heterocycles. The summed E-state index contributed by atoms with van der Waals surface area (Å²) in [6, 6.07) is 14.6. The van der Waals surface area contributed by atoms with Crippen molar-refractivity contribution in [2.24, 2.45) is 7.05 Å². The molecule has 1 aromatic heterocycles. The summed E-state index contributed by atoms with van der Waals surface area (Å²) in [6.07, 6.45) is -0.276. The number of ether oxygens (including phenoxy) is 1. The van der Waals surface area contributed by atoms with E-state index >= 15 is 0 Å². The van der Waals surface area contributed by atoms with E-state index < -0.39 is 0 Å². The number of hydrogen-bond acceptors (Lipinski definition) is 6. The molecule has 0 spiro atoms. The van der Waals surface area contributed by atoms with E-state index in [1.54, 1.807) is 12.1 Å². The van der Waals surface area contributed by atoms with E-state index in [9.17, 15) is 9.18 Å². The first-order valence-electron chi connectivity index (χ1n) is 11.9. The van der Waals surface area contributed by atoms with E-state index in [1.165, 1.54) is 29.5 Å². The molecule has 3 aromatic rings. The summed E-state index contributed by atoms with van der Waals surface area (Å²) >= 11 is 1.38. The van der Waals surface area contributed by atoms with Gasteiger partial charge in [-0.05, 0) is 54.8 Å². The first kappa shape index (κ1) is 25.0. The molecule has 0 aliphatic carbocycles. The van der Waals surface area contributed by atoms with Gasteiger partial charge in [0.05, 0.1) is 5.75 Å². The van der Waals surface area contributed by atoms with Crippen molar-refractivity contribution in [1.82, 2.24) is 19.7 Å². The zero-order valence-corrected chi connectivity index (χ0v) is 21.5. The van der Waals surface area contributed by atoms with Crippen LogP contribution in [-0.4, -0.2) is 57.5 Å². The highest BCUT2D eigenvalue weighted by atomic mass is 32.2. The average Bonchev–Trinajstić information content (AvgIpc) is 3.23. The van der Waals surface area contributed by atoms with Crippen LogP contribution in [0.4, 0.5) is 10.1 Å². The maximum atomic E-state index is 13.2. The van der Waals surface area contributed by atoms with Gasteiger partial charge in [0.1, 0.15) is 11.6 Å². The predicted molar refractivity (Wildman–Crippen MR) is 136 cm³/mol. The fourth-order valence-corrected chi connectivity index (χ4v) is 4.90. The number of piperazine rings is 1. The smallest absolute Gasteiger partial charge is 0.233 e. The molecule has 9 heteroatoms. The van der Waals surface area contributed by atoms with E-state index in [2.05, 4.69) is 41.1 Å². The maximum Gasteiger partial charge on any atom is 0.233 e. The molecule has 1 unspecified atom stereocenters. The van der Waals surface area contributed by atoms with Gasteiger partial charge in [0.2, 0.25) is 5.91 Å². The second-order valence-corrected chi connectivity index (χ2v) is 9.96. The van der Waals surface area contributed by atoms with Crippen LogP contribution >= 0.6 is 11.8 Å². The van der Waals surface area contributed by atoms with Gasteiger partial charge < -0.3 is 19.1 Å². The summed E-state index contributed by atoms with van der Waals surface area (Å²) < 4.78 is 21.1. The van der Waals surface area contributed by atoms with Crippen molar-refractivity contribution in [2.75, 3.05) is 36.8 Å². The molecule has 0 bridgehead atoms. The van der Waals surface area contributed by atoms with Crippen LogP contribution in [0.1, 0.15) is 44.2 Å². The van der Waals surface area contributed by atoms with E-state index in [-0.39, 0.29) is 17.8 Å². The number of aromatic nitrogens is 3. The van der Waals surface area contributed by atoms with Gasteiger partial charge in [-0.3, -0.25) is 4.79 Å². The van der Waals surface area contributed by atoms with Gasteiger partial charge in [0, 0.05) is 38.9 Å². The lowest BCUT2D eigenvalue weighted by molar-refractivity contribution is -0.128. The quantitative estimate of drug-likeness (QED) is 0.422. The maximum absolute atomic E-state index is 13.2. The number of carbonyl (C=O) groups is 1. The largest absolute Gasteiger partial charge is 0.483 e. The highest BCUT2D eigenvalue weighted by Gasteiger charge is 2.23. The van der Waals surface area contributed by atoms with Crippen LogP contribution in [0.5, 0.6) is 5.75 Å². The Kier molecular flexibility index (Phi) is 7.95. The molecule has 35 heavy (non-hydrogen) atoms. The molecule has 2 aromatic carbocycles. The Morgan fingerprint density at radius 3 is 2.29 bits per heavy atom. The number of nitrogens with zero attached hydrogens (tertiary/aromatic N) is 5. The number of halogens is 1. The summed E-state index contributed by atoms with van der Waals surface area (Å²) in [5.41, 5.74) is 2.25.